The molecule has 0 aliphatic heterocycles. The molecule has 5 heteroatoms. The van der Waals surface area contributed by atoms with Gasteiger partial charge in [-0.1, -0.05) is 17.3 Å². The molecule has 0 bridgehead atoms. The van der Waals surface area contributed by atoms with Gasteiger partial charge >= 0.3 is 0 Å². The average molecular weight is 217 g/mol. The maximum atomic E-state index is 12.9. The number of hydrogen-bond donors (Lipinski definition) is 1. The van der Waals surface area contributed by atoms with Crippen LogP contribution in [0, 0.1) is 17.1 Å². The number of rotatable bonds is 2. The van der Waals surface area contributed by atoms with Crippen molar-refractivity contribution in [2.24, 2.45) is 0 Å². The molecule has 0 radical (unpaired) electrons. The second-order valence-electron chi connectivity index (χ2n) is 3.29. The first kappa shape index (κ1) is 10.2. The summed E-state index contributed by atoms with van der Waals surface area (Å²) in [6, 6.07) is 7.98. The maximum absolute atomic E-state index is 12.9. The van der Waals surface area contributed by atoms with Gasteiger partial charge in [0.2, 0.25) is 5.88 Å². The first-order chi connectivity index (χ1) is 7.70. The van der Waals surface area contributed by atoms with E-state index in [1.807, 2.05) is 6.07 Å². The number of anilines is 1. The summed E-state index contributed by atoms with van der Waals surface area (Å²) in [6.45, 7) is 0. The van der Waals surface area contributed by atoms with Gasteiger partial charge in [-0.2, -0.15) is 5.26 Å². The van der Waals surface area contributed by atoms with Crippen LogP contribution >= 0.6 is 0 Å². The van der Waals surface area contributed by atoms with Crippen LogP contribution in [-0.2, 0) is 6.42 Å². The third-order valence-electron chi connectivity index (χ3n) is 2.16. The van der Waals surface area contributed by atoms with Crippen molar-refractivity contribution in [3.63, 3.8) is 0 Å². The molecule has 1 aromatic heterocycles. The molecular weight excluding hydrogens is 209 g/mol. The molecular formula is C11H8FN3O. The summed E-state index contributed by atoms with van der Waals surface area (Å²) in [5.74, 6) is -0.332. The molecule has 80 valence electrons. The van der Waals surface area contributed by atoms with Crippen molar-refractivity contribution in [3.8, 4) is 6.07 Å². The number of benzene rings is 1. The molecule has 16 heavy (non-hydrogen) atoms. The van der Waals surface area contributed by atoms with Gasteiger partial charge in [-0.05, 0) is 17.7 Å². The summed E-state index contributed by atoms with van der Waals surface area (Å²) < 4.78 is 17.6. The number of halogens is 1. The molecule has 0 fully saturated rings. The van der Waals surface area contributed by atoms with Gasteiger partial charge in [0.1, 0.15) is 23.1 Å². The summed E-state index contributed by atoms with van der Waals surface area (Å²) >= 11 is 0. The highest BCUT2D eigenvalue weighted by Gasteiger charge is 2.13. The monoisotopic (exact) mass is 217 g/mol. The van der Waals surface area contributed by atoms with E-state index in [0.29, 0.717) is 17.7 Å². The molecule has 1 heterocycles. The van der Waals surface area contributed by atoms with Crippen molar-refractivity contribution in [1.82, 2.24) is 5.16 Å². The molecule has 0 spiro atoms. The van der Waals surface area contributed by atoms with E-state index in [0.717, 1.165) is 0 Å². The summed E-state index contributed by atoms with van der Waals surface area (Å²) in [7, 11) is 0. The van der Waals surface area contributed by atoms with Crippen LogP contribution < -0.4 is 5.73 Å². The number of nitrogen functional groups attached to an aromatic ring is 1. The molecule has 0 saturated heterocycles. The Bertz CT molecular complexity index is 557. The van der Waals surface area contributed by atoms with Gasteiger partial charge in [0, 0.05) is 6.42 Å². The lowest BCUT2D eigenvalue weighted by atomic mass is 10.1. The van der Waals surface area contributed by atoms with E-state index in [-0.39, 0.29) is 17.3 Å². The highest BCUT2D eigenvalue weighted by molar-refractivity contribution is 5.49. The van der Waals surface area contributed by atoms with Crippen LogP contribution in [0.3, 0.4) is 0 Å². The Labute approximate surface area is 91.1 Å². The van der Waals surface area contributed by atoms with Gasteiger partial charge in [0.25, 0.3) is 0 Å². The van der Waals surface area contributed by atoms with Gasteiger partial charge in [-0.15, -0.1) is 0 Å². The topological polar surface area (TPSA) is 75.8 Å². The van der Waals surface area contributed by atoms with E-state index in [2.05, 4.69) is 5.16 Å². The zero-order valence-electron chi connectivity index (χ0n) is 8.27. The highest BCUT2D eigenvalue weighted by atomic mass is 19.1. The number of hydrogen-bond acceptors (Lipinski definition) is 4. The van der Waals surface area contributed by atoms with Crippen LogP contribution in [-0.4, -0.2) is 5.16 Å². The average Bonchev–Trinajstić information content (AvgIpc) is 2.59. The Morgan fingerprint density at radius 2 is 2.31 bits per heavy atom. The van der Waals surface area contributed by atoms with Gasteiger partial charge in [0.05, 0.1) is 0 Å². The van der Waals surface area contributed by atoms with Crippen LogP contribution in [0.25, 0.3) is 0 Å². The molecule has 4 nitrogen and oxygen atoms in total. The normalized spacial score (nSPS) is 10.0. The first-order valence-corrected chi connectivity index (χ1v) is 4.59. The van der Waals surface area contributed by atoms with Gasteiger partial charge in [0.15, 0.2) is 0 Å². The van der Waals surface area contributed by atoms with E-state index in [1.54, 1.807) is 12.1 Å². The molecule has 0 aliphatic rings. The smallest absolute Gasteiger partial charge is 0.240 e. The standard InChI is InChI=1S/C11H8FN3O/c12-8-3-1-2-7(4-8)5-10-9(6-13)11(14)16-15-10/h1-4H,5,14H2. The lowest BCUT2D eigenvalue weighted by Crippen LogP contribution is -1.93. The fourth-order valence-electron chi connectivity index (χ4n) is 1.42. The van der Waals surface area contributed by atoms with E-state index >= 15 is 0 Å². The molecule has 2 N–H and O–H groups in total. The Kier molecular flexibility index (Phi) is 2.56. The molecule has 0 amide bonds. The summed E-state index contributed by atoms with van der Waals surface area (Å²) in [6.07, 6.45) is 0.321. The van der Waals surface area contributed by atoms with Gasteiger partial charge in [-0.3, -0.25) is 0 Å². The molecule has 2 aromatic rings. The minimum atomic E-state index is -0.326. The Balaban J connectivity index is 2.31. The third-order valence-corrected chi connectivity index (χ3v) is 2.16. The molecule has 1 aromatic carbocycles. The first-order valence-electron chi connectivity index (χ1n) is 4.59. The van der Waals surface area contributed by atoms with Crippen LogP contribution in [0.15, 0.2) is 28.8 Å². The zero-order chi connectivity index (χ0) is 11.5. The zero-order valence-corrected chi connectivity index (χ0v) is 8.27. The third kappa shape index (κ3) is 1.86. The van der Waals surface area contributed by atoms with Crippen molar-refractivity contribution in [2.45, 2.75) is 6.42 Å². The Morgan fingerprint density at radius 1 is 1.50 bits per heavy atom. The fraction of sp³-hybridized carbons (Fsp3) is 0.0909. The summed E-state index contributed by atoms with van der Waals surface area (Å²) in [5.41, 5.74) is 6.76. The largest absolute Gasteiger partial charge is 0.366 e. The second-order valence-corrected chi connectivity index (χ2v) is 3.29. The van der Waals surface area contributed by atoms with Crippen molar-refractivity contribution in [1.29, 1.82) is 5.26 Å². The van der Waals surface area contributed by atoms with Crippen LogP contribution in [0.2, 0.25) is 0 Å². The van der Waals surface area contributed by atoms with Gasteiger partial charge in [-0.25, -0.2) is 4.39 Å². The molecule has 0 unspecified atom stereocenters. The van der Waals surface area contributed by atoms with Crippen molar-refractivity contribution < 1.29 is 8.91 Å². The quantitative estimate of drug-likeness (QED) is 0.832. The number of nitrogens with two attached hydrogens (primary N) is 1. The van der Waals surface area contributed by atoms with Crippen molar-refractivity contribution in [3.05, 3.63) is 46.9 Å². The minimum Gasteiger partial charge on any atom is -0.366 e. The lowest BCUT2D eigenvalue weighted by molar-refractivity contribution is 0.429. The van der Waals surface area contributed by atoms with Crippen LogP contribution in [0.4, 0.5) is 10.3 Å². The fourth-order valence-corrected chi connectivity index (χ4v) is 1.42. The van der Waals surface area contributed by atoms with E-state index in [4.69, 9.17) is 15.5 Å². The van der Waals surface area contributed by atoms with Crippen LogP contribution in [0.5, 0.6) is 0 Å². The number of aromatic nitrogens is 1. The molecule has 2 rings (SSSR count). The Morgan fingerprint density at radius 3 is 3.00 bits per heavy atom. The molecule has 0 atom stereocenters. The van der Waals surface area contributed by atoms with E-state index in [1.165, 1.54) is 12.1 Å². The number of nitriles is 1. The van der Waals surface area contributed by atoms with Crippen molar-refractivity contribution >= 4 is 5.88 Å². The highest BCUT2D eigenvalue weighted by Crippen LogP contribution is 2.18. The SMILES string of the molecule is N#Cc1c(Cc2cccc(F)c2)noc1N. The summed E-state index contributed by atoms with van der Waals surface area (Å²) in [4.78, 5) is 0. The van der Waals surface area contributed by atoms with Gasteiger partial charge < -0.3 is 10.3 Å². The molecule has 0 aliphatic carbocycles. The maximum Gasteiger partial charge on any atom is 0.240 e. The number of nitrogens with zero attached hydrogens (tertiary/aromatic N) is 2. The second kappa shape index (κ2) is 4.03. The van der Waals surface area contributed by atoms with Crippen molar-refractivity contribution in [2.75, 3.05) is 5.73 Å². The van der Waals surface area contributed by atoms with Crippen LogP contribution in [0.1, 0.15) is 16.8 Å². The summed E-state index contributed by atoms with van der Waals surface area (Å²) in [5, 5.41) is 12.5. The predicted molar refractivity (Wildman–Crippen MR) is 54.8 cm³/mol. The van der Waals surface area contributed by atoms with E-state index < -0.39 is 0 Å². The van der Waals surface area contributed by atoms with E-state index in [9.17, 15) is 4.39 Å². The Hall–Kier alpha value is -2.35. The lowest BCUT2D eigenvalue weighted by Gasteiger charge is -1.97. The molecule has 0 saturated carbocycles. The predicted octanol–water partition coefficient (Wildman–Crippen LogP) is 1.86. The minimum absolute atomic E-state index is 0.00565.